The second kappa shape index (κ2) is 9.30. The summed E-state index contributed by atoms with van der Waals surface area (Å²) in [7, 11) is 0. The number of nitrogens with zero attached hydrogens (tertiary/aromatic N) is 1. The van der Waals surface area contributed by atoms with Crippen molar-refractivity contribution in [2.45, 2.75) is 51.7 Å². The van der Waals surface area contributed by atoms with E-state index in [2.05, 4.69) is 10.6 Å². The fourth-order valence-electron chi connectivity index (χ4n) is 3.24. The molecule has 3 rings (SSSR count). The molecule has 2 N–H and O–H groups in total. The van der Waals surface area contributed by atoms with Crippen molar-refractivity contribution in [1.82, 2.24) is 4.90 Å². The number of hydrogen-bond donors (Lipinski definition) is 2. The minimum atomic E-state index is -0.620. The van der Waals surface area contributed by atoms with E-state index in [1.165, 1.54) is 16.2 Å². The molecule has 1 fully saturated rings. The van der Waals surface area contributed by atoms with E-state index in [1.54, 1.807) is 51.1 Å². The van der Waals surface area contributed by atoms with Crippen molar-refractivity contribution in [3.05, 3.63) is 46.7 Å². The zero-order valence-electron chi connectivity index (χ0n) is 17.4. The zero-order valence-corrected chi connectivity index (χ0v) is 18.3. The lowest BCUT2D eigenvalue weighted by Crippen LogP contribution is -2.51. The van der Waals surface area contributed by atoms with Crippen LogP contribution in [0.4, 0.5) is 16.2 Å². The third-order valence-electron chi connectivity index (χ3n) is 4.57. The number of thiophene rings is 1. The van der Waals surface area contributed by atoms with E-state index in [-0.39, 0.29) is 11.8 Å². The maximum atomic E-state index is 12.9. The van der Waals surface area contributed by atoms with Gasteiger partial charge in [0.1, 0.15) is 11.6 Å². The molecule has 1 aromatic heterocycles. The van der Waals surface area contributed by atoms with Crippen molar-refractivity contribution in [3.8, 4) is 0 Å². The van der Waals surface area contributed by atoms with Crippen molar-refractivity contribution >= 4 is 40.6 Å². The fraction of sp³-hybridized carbons (Fsp3) is 0.409. The van der Waals surface area contributed by atoms with Gasteiger partial charge in [0, 0.05) is 17.9 Å². The molecule has 0 radical (unpaired) electrons. The van der Waals surface area contributed by atoms with Crippen LogP contribution in [0, 0.1) is 0 Å². The molecule has 0 saturated carbocycles. The molecule has 1 atom stereocenters. The van der Waals surface area contributed by atoms with Gasteiger partial charge in [-0.2, -0.15) is 0 Å². The highest BCUT2D eigenvalue weighted by Crippen LogP contribution is 2.23. The van der Waals surface area contributed by atoms with Crippen LogP contribution in [0.15, 0.2) is 41.8 Å². The van der Waals surface area contributed by atoms with Crippen molar-refractivity contribution in [2.24, 2.45) is 0 Å². The summed E-state index contributed by atoms with van der Waals surface area (Å²) in [5.74, 6) is -0.459. The smallest absolute Gasteiger partial charge is 0.410 e. The van der Waals surface area contributed by atoms with Gasteiger partial charge in [0.15, 0.2) is 0 Å². The van der Waals surface area contributed by atoms with Crippen LogP contribution in [-0.4, -0.2) is 41.0 Å². The van der Waals surface area contributed by atoms with Gasteiger partial charge >= 0.3 is 6.09 Å². The summed E-state index contributed by atoms with van der Waals surface area (Å²) in [6.45, 7) is 5.91. The lowest BCUT2D eigenvalue weighted by atomic mass is 10.0. The summed E-state index contributed by atoms with van der Waals surface area (Å²) >= 11 is 1.36. The molecule has 1 saturated heterocycles. The molecular weight excluding hydrogens is 402 g/mol. The molecule has 3 amide bonds. The Labute approximate surface area is 180 Å². The first-order valence-corrected chi connectivity index (χ1v) is 10.9. The van der Waals surface area contributed by atoms with E-state index >= 15 is 0 Å². The van der Waals surface area contributed by atoms with Crippen LogP contribution in [-0.2, 0) is 9.53 Å². The second-order valence-electron chi connectivity index (χ2n) is 8.19. The van der Waals surface area contributed by atoms with Crippen LogP contribution in [0.5, 0.6) is 0 Å². The van der Waals surface area contributed by atoms with Gasteiger partial charge < -0.3 is 15.4 Å². The van der Waals surface area contributed by atoms with Crippen LogP contribution >= 0.6 is 11.3 Å². The molecule has 0 spiro atoms. The van der Waals surface area contributed by atoms with Crippen molar-refractivity contribution in [2.75, 3.05) is 17.2 Å². The number of carbonyl (C=O) groups is 3. The van der Waals surface area contributed by atoms with E-state index in [0.717, 1.165) is 12.8 Å². The van der Waals surface area contributed by atoms with Gasteiger partial charge in [-0.05, 0) is 69.7 Å². The van der Waals surface area contributed by atoms with Gasteiger partial charge in [-0.1, -0.05) is 12.1 Å². The van der Waals surface area contributed by atoms with Gasteiger partial charge in [0.2, 0.25) is 5.91 Å². The number of carbonyl (C=O) groups excluding carboxylic acids is 3. The second-order valence-corrected chi connectivity index (χ2v) is 9.13. The monoisotopic (exact) mass is 429 g/mol. The third-order valence-corrected chi connectivity index (χ3v) is 5.44. The number of ether oxygens (including phenoxy) is 1. The summed E-state index contributed by atoms with van der Waals surface area (Å²) in [4.78, 5) is 39.8. The van der Waals surface area contributed by atoms with Gasteiger partial charge in [-0.25, -0.2) is 4.79 Å². The van der Waals surface area contributed by atoms with E-state index in [0.29, 0.717) is 29.2 Å². The molecule has 8 heteroatoms. The van der Waals surface area contributed by atoms with Crippen LogP contribution in [0.25, 0.3) is 0 Å². The highest BCUT2D eigenvalue weighted by Gasteiger charge is 2.34. The minimum absolute atomic E-state index is 0.197. The standard InChI is InChI=1S/C22H27N3O4S/c1-22(2,3)29-21(28)25-12-5-4-10-17(25)19(26)23-15-8-6-9-16(14-15)24-20(27)18-11-7-13-30-18/h6-9,11,13-14,17H,4-5,10,12H2,1-3H3,(H,23,26)(H,24,27). The zero-order chi connectivity index (χ0) is 21.7. The van der Waals surface area contributed by atoms with Gasteiger partial charge in [-0.3, -0.25) is 14.5 Å². The molecule has 2 aromatic rings. The Morgan fingerprint density at radius 2 is 1.80 bits per heavy atom. The van der Waals surface area contributed by atoms with Crippen molar-refractivity contribution in [1.29, 1.82) is 0 Å². The Morgan fingerprint density at radius 3 is 2.47 bits per heavy atom. The molecule has 160 valence electrons. The number of amides is 3. The van der Waals surface area contributed by atoms with E-state index < -0.39 is 17.7 Å². The van der Waals surface area contributed by atoms with Crippen molar-refractivity contribution < 1.29 is 19.1 Å². The summed E-state index contributed by atoms with van der Waals surface area (Å²) < 4.78 is 5.47. The number of hydrogen-bond acceptors (Lipinski definition) is 5. The SMILES string of the molecule is CC(C)(C)OC(=O)N1CCCCC1C(=O)Nc1cccc(NC(=O)c2cccs2)c1. The van der Waals surface area contributed by atoms with Gasteiger partial charge in [-0.15, -0.1) is 11.3 Å². The van der Waals surface area contributed by atoms with Gasteiger partial charge in [0.05, 0.1) is 4.88 Å². The summed E-state index contributed by atoms with van der Waals surface area (Å²) in [5, 5.41) is 7.54. The molecule has 1 aliphatic rings. The molecule has 1 aromatic carbocycles. The fourth-order valence-corrected chi connectivity index (χ4v) is 3.86. The highest BCUT2D eigenvalue weighted by atomic mass is 32.1. The maximum absolute atomic E-state index is 12.9. The molecule has 1 unspecified atom stereocenters. The van der Waals surface area contributed by atoms with Crippen LogP contribution in [0.3, 0.4) is 0 Å². The Kier molecular flexibility index (Phi) is 6.77. The maximum Gasteiger partial charge on any atom is 0.410 e. The molecule has 0 bridgehead atoms. The Bertz CT molecular complexity index is 905. The average molecular weight is 430 g/mol. The number of benzene rings is 1. The Morgan fingerprint density at radius 1 is 1.07 bits per heavy atom. The lowest BCUT2D eigenvalue weighted by Gasteiger charge is -2.35. The lowest BCUT2D eigenvalue weighted by molar-refractivity contribution is -0.122. The van der Waals surface area contributed by atoms with E-state index in [1.807, 2.05) is 11.4 Å². The topological polar surface area (TPSA) is 87.7 Å². The quantitative estimate of drug-likeness (QED) is 0.736. The molecule has 30 heavy (non-hydrogen) atoms. The number of likely N-dealkylation sites (tertiary alicyclic amines) is 1. The molecule has 0 aliphatic carbocycles. The van der Waals surface area contributed by atoms with E-state index in [9.17, 15) is 14.4 Å². The van der Waals surface area contributed by atoms with Gasteiger partial charge in [0.25, 0.3) is 5.91 Å². The number of nitrogens with one attached hydrogen (secondary N) is 2. The predicted molar refractivity (Wildman–Crippen MR) is 118 cm³/mol. The minimum Gasteiger partial charge on any atom is -0.444 e. The van der Waals surface area contributed by atoms with Crippen LogP contribution < -0.4 is 10.6 Å². The molecular formula is C22H27N3O4S. The molecule has 1 aliphatic heterocycles. The largest absolute Gasteiger partial charge is 0.444 e. The summed E-state index contributed by atoms with van der Waals surface area (Å²) in [5.41, 5.74) is 0.516. The first-order valence-electron chi connectivity index (χ1n) is 9.98. The third kappa shape index (κ3) is 5.82. The Balaban J connectivity index is 1.66. The number of piperidine rings is 1. The predicted octanol–water partition coefficient (Wildman–Crippen LogP) is 4.73. The average Bonchev–Trinajstić information content (AvgIpc) is 3.22. The Hall–Kier alpha value is -2.87. The van der Waals surface area contributed by atoms with Crippen LogP contribution in [0.1, 0.15) is 49.7 Å². The summed E-state index contributed by atoms with van der Waals surface area (Å²) in [6, 6.07) is 9.94. The molecule has 7 nitrogen and oxygen atoms in total. The first-order chi connectivity index (χ1) is 14.2. The van der Waals surface area contributed by atoms with E-state index in [4.69, 9.17) is 4.74 Å². The molecule has 2 heterocycles. The first kappa shape index (κ1) is 21.8. The number of rotatable bonds is 4. The normalized spacial score (nSPS) is 16.6. The number of anilines is 2. The van der Waals surface area contributed by atoms with Crippen molar-refractivity contribution in [3.63, 3.8) is 0 Å². The summed E-state index contributed by atoms with van der Waals surface area (Å²) in [6.07, 6.45) is 1.82. The van der Waals surface area contributed by atoms with Crippen LogP contribution in [0.2, 0.25) is 0 Å². The highest BCUT2D eigenvalue weighted by molar-refractivity contribution is 7.12.